The van der Waals surface area contributed by atoms with Gasteiger partial charge < -0.3 is 0 Å². The van der Waals surface area contributed by atoms with Crippen LogP contribution in [-0.2, 0) is 6.42 Å². The molecule has 1 atom stereocenters. The van der Waals surface area contributed by atoms with Crippen LogP contribution in [0, 0.1) is 20.8 Å². The van der Waals surface area contributed by atoms with Gasteiger partial charge in [0.15, 0.2) is 0 Å². The second-order valence-electron chi connectivity index (χ2n) is 5.08. The maximum Gasteiger partial charge on any atom is 0.0501 e. The van der Waals surface area contributed by atoms with Gasteiger partial charge in [-0.25, -0.2) is 0 Å². The Bertz CT molecular complexity index is 526. The number of rotatable bonds is 4. The normalized spacial score (nSPS) is 12.4. The number of aromatic nitrogens is 1. The molecule has 3 N–H and O–H groups in total. The molecule has 2 aromatic rings. The topological polar surface area (TPSA) is 50.9 Å². The predicted octanol–water partition coefficient (Wildman–Crippen LogP) is 2.75. The van der Waals surface area contributed by atoms with Crippen LogP contribution < -0.4 is 11.3 Å². The van der Waals surface area contributed by atoms with Crippen molar-refractivity contribution in [3.8, 4) is 0 Å². The molecule has 0 aliphatic heterocycles. The fourth-order valence-electron chi connectivity index (χ4n) is 2.60. The highest BCUT2D eigenvalue weighted by Crippen LogP contribution is 2.23. The molecule has 3 nitrogen and oxygen atoms in total. The van der Waals surface area contributed by atoms with Crippen molar-refractivity contribution in [2.45, 2.75) is 33.2 Å². The van der Waals surface area contributed by atoms with E-state index in [1.807, 2.05) is 12.1 Å². The Hall–Kier alpha value is -1.71. The van der Waals surface area contributed by atoms with Gasteiger partial charge in [0.25, 0.3) is 0 Å². The third-order valence-electron chi connectivity index (χ3n) is 3.56. The zero-order chi connectivity index (χ0) is 13.8. The molecule has 1 aromatic heterocycles. The molecule has 1 heterocycles. The van der Waals surface area contributed by atoms with Crippen LogP contribution in [0.5, 0.6) is 0 Å². The zero-order valence-electron chi connectivity index (χ0n) is 11.8. The van der Waals surface area contributed by atoms with E-state index in [-0.39, 0.29) is 6.04 Å². The molecular formula is C16H21N3. The van der Waals surface area contributed by atoms with Gasteiger partial charge in [-0.05, 0) is 61.6 Å². The van der Waals surface area contributed by atoms with E-state index < -0.39 is 0 Å². The van der Waals surface area contributed by atoms with Crippen molar-refractivity contribution in [1.82, 2.24) is 10.4 Å². The van der Waals surface area contributed by atoms with Gasteiger partial charge in [0.05, 0.1) is 6.04 Å². The summed E-state index contributed by atoms with van der Waals surface area (Å²) in [4.78, 5) is 4.05. The van der Waals surface area contributed by atoms with Gasteiger partial charge >= 0.3 is 0 Å². The molecule has 2 rings (SSSR count). The number of nitrogens with zero attached hydrogens (tertiary/aromatic N) is 1. The lowest BCUT2D eigenvalue weighted by molar-refractivity contribution is 0.549. The summed E-state index contributed by atoms with van der Waals surface area (Å²) in [6.07, 6.45) is 4.49. The average molecular weight is 255 g/mol. The second kappa shape index (κ2) is 5.95. The van der Waals surface area contributed by atoms with E-state index in [0.29, 0.717) is 0 Å². The standard InChI is InChI=1S/C16H21N3/c1-11-8-12(2)15(13(3)9-11)10-16(19-17)14-4-6-18-7-5-14/h4-9,16,19H,10,17H2,1-3H3. The van der Waals surface area contributed by atoms with E-state index in [0.717, 1.165) is 12.0 Å². The summed E-state index contributed by atoms with van der Waals surface area (Å²) in [7, 11) is 0. The first-order valence-corrected chi connectivity index (χ1v) is 6.54. The number of nitrogens with one attached hydrogen (secondary N) is 1. The lowest BCUT2D eigenvalue weighted by Crippen LogP contribution is -2.30. The van der Waals surface area contributed by atoms with E-state index in [4.69, 9.17) is 5.84 Å². The molecule has 0 radical (unpaired) electrons. The molecule has 0 saturated carbocycles. The number of pyridine rings is 1. The molecule has 0 amide bonds. The van der Waals surface area contributed by atoms with Crippen molar-refractivity contribution in [3.63, 3.8) is 0 Å². The Balaban J connectivity index is 2.29. The number of nitrogens with two attached hydrogens (primary N) is 1. The average Bonchev–Trinajstić information content (AvgIpc) is 2.39. The lowest BCUT2D eigenvalue weighted by atomic mass is 9.92. The summed E-state index contributed by atoms with van der Waals surface area (Å²) in [5, 5.41) is 0. The molecule has 19 heavy (non-hydrogen) atoms. The van der Waals surface area contributed by atoms with Crippen LogP contribution in [-0.4, -0.2) is 4.98 Å². The van der Waals surface area contributed by atoms with Gasteiger partial charge in [-0.3, -0.25) is 16.3 Å². The molecule has 1 unspecified atom stereocenters. The number of benzene rings is 1. The van der Waals surface area contributed by atoms with E-state index in [9.17, 15) is 0 Å². The largest absolute Gasteiger partial charge is 0.271 e. The quantitative estimate of drug-likeness (QED) is 0.652. The minimum Gasteiger partial charge on any atom is -0.271 e. The SMILES string of the molecule is Cc1cc(C)c(CC(NN)c2ccncc2)c(C)c1. The van der Waals surface area contributed by atoms with Crippen LogP contribution >= 0.6 is 0 Å². The third-order valence-corrected chi connectivity index (χ3v) is 3.56. The summed E-state index contributed by atoms with van der Waals surface area (Å²) in [6.45, 7) is 6.45. The highest BCUT2D eigenvalue weighted by Gasteiger charge is 2.13. The summed E-state index contributed by atoms with van der Waals surface area (Å²) < 4.78 is 0. The Labute approximate surface area is 114 Å². The van der Waals surface area contributed by atoms with E-state index >= 15 is 0 Å². The number of aryl methyl sites for hydroxylation is 3. The molecular weight excluding hydrogens is 234 g/mol. The Morgan fingerprint density at radius 1 is 1.11 bits per heavy atom. The van der Waals surface area contributed by atoms with Crippen LogP contribution in [0.4, 0.5) is 0 Å². The van der Waals surface area contributed by atoms with Gasteiger partial charge in [-0.1, -0.05) is 17.7 Å². The predicted molar refractivity (Wildman–Crippen MR) is 78.7 cm³/mol. The Morgan fingerprint density at radius 2 is 1.68 bits per heavy atom. The molecule has 0 saturated heterocycles. The summed E-state index contributed by atoms with van der Waals surface area (Å²) in [5.74, 6) is 5.71. The van der Waals surface area contributed by atoms with Crippen molar-refractivity contribution in [3.05, 3.63) is 64.5 Å². The molecule has 0 fully saturated rings. The lowest BCUT2D eigenvalue weighted by Gasteiger charge is -2.19. The molecule has 100 valence electrons. The monoisotopic (exact) mass is 255 g/mol. The van der Waals surface area contributed by atoms with Crippen LogP contribution in [0.15, 0.2) is 36.7 Å². The maximum atomic E-state index is 5.71. The van der Waals surface area contributed by atoms with Gasteiger partial charge in [0, 0.05) is 12.4 Å². The van der Waals surface area contributed by atoms with Gasteiger partial charge in [-0.2, -0.15) is 0 Å². The van der Waals surface area contributed by atoms with Gasteiger partial charge in [0.1, 0.15) is 0 Å². The van der Waals surface area contributed by atoms with Crippen molar-refractivity contribution in [2.24, 2.45) is 5.84 Å². The van der Waals surface area contributed by atoms with E-state index in [1.54, 1.807) is 12.4 Å². The summed E-state index contributed by atoms with van der Waals surface area (Å²) in [5.41, 5.74) is 9.39. The van der Waals surface area contributed by atoms with Crippen molar-refractivity contribution < 1.29 is 0 Å². The van der Waals surface area contributed by atoms with Gasteiger partial charge in [0.2, 0.25) is 0 Å². The Kier molecular flexibility index (Phi) is 4.30. The highest BCUT2D eigenvalue weighted by molar-refractivity contribution is 5.38. The highest BCUT2D eigenvalue weighted by atomic mass is 15.2. The first-order valence-electron chi connectivity index (χ1n) is 6.54. The molecule has 0 bridgehead atoms. The number of hydrogen-bond acceptors (Lipinski definition) is 3. The van der Waals surface area contributed by atoms with Crippen molar-refractivity contribution in [1.29, 1.82) is 0 Å². The minimum absolute atomic E-state index is 0.114. The first-order chi connectivity index (χ1) is 9.11. The first kappa shape index (κ1) is 13.7. The smallest absolute Gasteiger partial charge is 0.0501 e. The third kappa shape index (κ3) is 3.19. The van der Waals surface area contributed by atoms with Crippen LogP contribution in [0.25, 0.3) is 0 Å². The molecule has 1 aromatic carbocycles. The second-order valence-corrected chi connectivity index (χ2v) is 5.08. The fourth-order valence-corrected chi connectivity index (χ4v) is 2.60. The Morgan fingerprint density at radius 3 is 2.21 bits per heavy atom. The zero-order valence-corrected chi connectivity index (χ0v) is 11.8. The van der Waals surface area contributed by atoms with Crippen LogP contribution in [0.2, 0.25) is 0 Å². The maximum absolute atomic E-state index is 5.71. The van der Waals surface area contributed by atoms with Crippen molar-refractivity contribution >= 4 is 0 Å². The van der Waals surface area contributed by atoms with Crippen molar-refractivity contribution in [2.75, 3.05) is 0 Å². The van der Waals surface area contributed by atoms with E-state index in [1.165, 1.54) is 22.3 Å². The molecule has 3 heteroatoms. The molecule has 0 aliphatic rings. The van der Waals surface area contributed by atoms with Crippen LogP contribution in [0.3, 0.4) is 0 Å². The number of hydrazine groups is 1. The number of hydrogen-bond donors (Lipinski definition) is 2. The minimum atomic E-state index is 0.114. The van der Waals surface area contributed by atoms with Gasteiger partial charge in [-0.15, -0.1) is 0 Å². The summed E-state index contributed by atoms with van der Waals surface area (Å²) >= 11 is 0. The summed E-state index contributed by atoms with van der Waals surface area (Å²) in [6, 6.07) is 8.57. The van der Waals surface area contributed by atoms with E-state index in [2.05, 4.69) is 43.3 Å². The van der Waals surface area contributed by atoms with Crippen LogP contribution in [0.1, 0.15) is 33.9 Å². The fraction of sp³-hybridized carbons (Fsp3) is 0.312. The molecule has 0 spiro atoms. The molecule has 0 aliphatic carbocycles.